The van der Waals surface area contributed by atoms with Gasteiger partial charge in [0.25, 0.3) is 7.82 Å². The van der Waals surface area contributed by atoms with Gasteiger partial charge in [0.1, 0.15) is 13.2 Å². The standard InChI is InChI=1S/C23H50NO4P/c1-5-6-7-8-9-10-11-12-13-14-15-16-17-18-19-20-22-27-29(25,26)28-23-21-24(2,3)4/h5-23H2,1-4H3. The Morgan fingerprint density at radius 1 is 0.621 bits per heavy atom. The fourth-order valence-corrected chi connectivity index (χ4v) is 4.02. The lowest BCUT2D eigenvalue weighted by atomic mass is 10.0. The van der Waals surface area contributed by atoms with Crippen LogP contribution in [0.3, 0.4) is 0 Å². The van der Waals surface area contributed by atoms with Crippen molar-refractivity contribution in [3.8, 4) is 0 Å². The summed E-state index contributed by atoms with van der Waals surface area (Å²) in [5, 5.41) is 0. The highest BCUT2D eigenvalue weighted by Crippen LogP contribution is 2.38. The van der Waals surface area contributed by atoms with Crippen molar-refractivity contribution in [1.29, 1.82) is 0 Å². The molecule has 0 saturated carbocycles. The van der Waals surface area contributed by atoms with E-state index in [9.17, 15) is 9.46 Å². The minimum atomic E-state index is -4.13. The van der Waals surface area contributed by atoms with Crippen molar-refractivity contribution in [2.75, 3.05) is 40.9 Å². The molecule has 0 aliphatic carbocycles. The van der Waals surface area contributed by atoms with E-state index in [1.165, 1.54) is 83.5 Å². The van der Waals surface area contributed by atoms with E-state index in [0.717, 1.165) is 19.3 Å². The predicted molar refractivity (Wildman–Crippen MR) is 122 cm³/mol. The number of nitrogens with zero attached hydrogens (tertiary/aromatic N) is 1. The van der Waals surface area contributed by atoms with Gasteiger partial charge in [-0.25, -0.2) is 0 Å². The van der Waals surface area contributed by atoms with Crippen molar-refractivity contribution < 1.29 is 23.0 Å². The molecule has 0 rings (SSSR count). The van der Waals surface area contributed by atoms with Crippen molar-refractivity contribution >= 4 is 7.82 Å². The second kappa shape index (κ2) is 18.8. The van der Waals surface area contributed by atoms with Gasteiger partial charge >= 0.3 is 0 Å². The molecule has 6 heteroatoms. The lowest BCUT2D eigenvalue weighted by Crippen LogP contribution is -2.37. The first kappa shape index (κ1) is 29.1. The second-order valence-electron chi connectivity index (χ2n) is 9.43. The molecule has 1 unspecified atom stereocenters. The van der Waals surface area contributed by atoms with Gasteiger partial charge < -0.3 is 18.4 Å². The smallest absolute Gasteiger partial charge is 0.268 e. The lowest BCUT2D eigenvalue weighted by molar-refractivity contribution is -0.870. The number of hydrogen-bond acceptors (Lipinski definition) is 4. The van der Waals surface area contributed by atoms with Crippen LogP contribution in [0.2, 0.25) is 0 Å². The van der Waals surface area contributed by atoms with Gasteiger partial charge in [0, 0.05) is 0 Å². The number of phosphoric ester groups is 1. The highest BCUT2D eigenvalue weighted by Gasteiger charge is 2.12. The zero-order valence-corrected chi connectivity index (χ0v) is 20.9. The summed E-state index contributed by atoms with van der Waals surface area (Å²) in [5.41, 5.74) is 0. The van der Waals surface area contributed by atoms with Gasteiger partial charge in [-0.15, -0.1) is 0 Å². The summed E-state index contributed by atoms with van der Waals surface area (Å²) in [6.45, 7) is 3.31. The van der Waals surface area contributed by atoms with E-state index in [1.54, 1.807) is 0 Å². The lowest BCUT2D eigenvalue weighted by Gasteiger charge is -2.27. The molecule has 0 aromatic heterocycles. The van der Waals surface area contributed by atoms with E-state index in [4.69, 9.17) is 9.05 Å². The fourth-order valence-electron chi connectivity index (χ4n) is 3.29. The van der Waals surface area contributed by atoms with Crippen LogP contribution < -0.4 is 4.89 Å². The third kappa shape index (κ3) is 24.2. The second-order valence-corrected chi connectivity index (χ2v) is 10.8. The molecule has 1 atom stereocenters. The first-order chi connectivity index (χ1) is 13.8. The van der Waals surface area contributed by atoms with E-state index in [1.807, 2.05) is 21.1 Å². The number of unbranched alkanes of at least 4 members (excludes halogenated alkanes) is 15. The third-order valence-electron chi connectivity index (χ3n) is 5.26. The van der Waals surface area contributed by atoms with E-state index in [0.29, 0.717) is 11.0 Å². The quantitative estimate of drug-likeness (QED) is 0.111. The van der Waals surface area contributed by atoms with Gasteiger partial charge in [0.2, 0.25) is 0 Å². The Hall–Kier alpha value is 0.0700. The maximum absolute atomic E-state index is 11.7. The first-order valence-corrected chi connectivity index (χ1v) is 13.6. The average Bonchev–Trinajstić information content (AvgIpc) is 2.63. The molecular weight excluding hydrogens is 385 g/mol. The van der Waals surface area contributed by atoms with E-state index in [-0.39, 0.29) is 13.2 Å². The topological polar surface area (TPSA) is 58.6 Å². The molecule has 0 bridgehead atoms. The molecular formula is C23H50NO4P. The Labute approximate surface area is 181 Å². The molecule has 0 heterocycles. The van der Waals surface area contributed by atoms with Crippen LogP contribution in [0.25, 0.3) is 0 Å². The van der Waals surface area contributed by atoms with Crippen molar-refractivity contribution in [3.05, 3.63) is 0 Å². The highest BCUT2D eigenvalue weighted by molar-refractivity contribution is 7.45. The van der Waals surface area contributed by atoms with Crippen molar-refractivity contribution in [2.45, 2.75) is 110 Å². The van der Waals surface area contributed by atoms with Crippen molar-refractivity contribution in [1.82, 2.24) is 0 Å². The molecule has 0 amide bonds. The van der Waals surface area contributed by atoms with Crippen LogP contribution in [0.1, 0.15) is 110 Å². The van der Waals surface area contributed by atoms with Gasteiger partial charge in [-0.2, -0.15) is 0 Å². The molecule has 0 fully saturated rings. The third-order valence-corrected chi connectivity index (χ3v) is 6.26. The molecule has 0 radical (unpaired) electrons. The van der Waals surface area contributed by atoms with E-state index in [2.05, 4.69) is 6.92 Å². The molecule has 0 aromatic rings. The monoisotopic (exact) mass is 435 g/mol. The van der Waals surface area contributed by atoms with E-state index >= 15 is 0 Å². The predicted octanol–water partition coefficient (Wildman–Crippen LogP) is 6.46. The summed E-state index contributed by atoms with van der Waals surface area (Å²) in [5.74, 6) is 0. The first-order valence-electron chi connectivity index (χ1n) is 12.2. The molecule has 0 saturated heterocycles. The molecule has 0 aliphatic heterocycles. The van der Waals surface area contributed by atoms with Crippen LogP contribution in [0.5, 0.6) is 0 Å². The summed E-state index contributed by atoms with van der Waals surface area (Å²) in [7, 11) is 1.86. The number of rotatable bonds is 22. The van der Waals surface area contributed by atoms with Crippen LogP contribution in [-0.4, -0.2) is 45.4 Å². The number of hydrogen-bond donors (Lipinski definition) is 0. The van der Waals surface area contributed by atoms with Gasteiger partial charge in [-0.3, -0.25) is 4.57 Å². The average molecular weight is 436 g/mol. The zero-order chi connectivity index (χ0) is 21.8. The van der Waals surface area contributed by atoms with Gasteiger partial charge in [0.05, 0.1) is 27.7 Å². The van der Waals surface area contributed by atoms with Gasteiger partial charge in [-0.05, 0) is 6.42 Å². The van der Waals surface area contributed by atoms with Crippen molar-refractivity contribution in [2.24, 2.45) is 0 Å². The summed E-state index contributed by atoms with van der Waals surface area (Å²) in [4.78, 5) is 11.7. The van der Waals surface area contributed by atoms with Crippen LogP contribution in [0.15, 0.2) is 0 Å². The van der Waals surface area contributed by atoms with Gasteiger partial charge in [0.15, 0.2) is 0 Å². The minimum absolute atomic E-state index is 0.170. The Kier molecular flexibility index (Phi) is 18.9. The van der Waals surface area contributed by atoms with Crippen LogP contribution in [-0.2, 0) is 13.6 Å². The Morgan fingerprint density at radius 3 is 1.34 bits per heavy atom. The summed E-state index contributed by atoms with van der Waals surface area (Å²) >= 11 is 0. The molecule has 0 aromatic carbocycles. The highest BCUT2D eigenvalue weighted by atomic mass is 31.2. The Bertz CT molecular complexity index is 399. The largest absolute Gasteiger partial charge is 0.756 e. The van der Waals surface area contributed by atoms with Crippen LogP contribution >= 0.6 is 7.82 Å². The molecule has 5 nitrogen and oxygen atoms in total. The normalized spacial score (nSPS) is 14.2. The maximum atomic E-state index is 11.7. The van der Waals surface area contributed by atoms with Crippen LogP contribution in [0.4, 0.5) is 0 Å². The molecule has 0 aliphatic rings. The van der Waals surface area contributed by atoms with E-state index < -0.39 is 7.82 Å². The fraction of sp³-hybridized carbons (Fsp3) is 1.00. The number of phosphoric acid groups is 1. The van der Waals surface area contributed by atoms with Gasteiger partial charge in [-0.1, -0.05) is 103 Å². The summed E-state index contributed by atoms with van der Waals surface area (Å²) in [6.07, 6.45) is 20.8. The Morgan fingerprint density at radius 2 is 0.966 bits per heavy atom. The zero-order valence-electron chi connectivity index (χ0n) is 20.0. The summed E-state index contributed by atoms with van der Waals surface area (Å²) in [6, 6.07) is 0. The SMILES string of the molecule is CCCCCCCCCCCCCCCCCCOP(=O)([O-])OCC[N+](C)(C)C. The number of quaternary nitrogens is 1. The molecule has 0 N–H and O–H groups in total. The van der Waals surface area contributed by atoms with Crippen LogP contribution in [0, 0.1) is 0 Å². The van der Waals surface area contributed by atoms with Crippen molar-refractivity contribution in [3.63, 3.8) is 0 Å². The number of likely N-dealkylation sites (N-methyl/N-ethyl adjacent to an activating group) is 1. The Balaban J connectivity index is 3.28. The maximum Gasteiger partial charge on any atom is 0.268 e. The summed E-state index contributed by atoms with van der Waals surface area (Å²) < 4.78 is 22.1. The molecule has 0 spiro atoms. The molecule has 176 valence electrons. The minimum Gasteiger partial charge on any atom is -0.756 e. The molecule has 29 heavy (non-hydrogen) atoms.